The fourth-order valence-corrected chi connectivity index (χ4v) is 4.44. The Hall–Kier alpha value is -2.93. The molecule has 0 spiro atoms. The SMILES string of the molecule is C=CCn1c(S[C@H](C)C(=O)c2[nH]c(C)c(C(C)=O)c2C)nc2ccccc2c1=O. The zero-order valence-corrected chi connectivity index (χ0v) is 17.7. The highest BCUT2D eigenvalue weighted by molar-refractivity contribution is 8.00. The molecule has 0 aliphatic carbocycles. The molecule has 0 bridgehead atoms. The van der Waals surface area contributed by atoms with Crippen LogP contribution in [0.3, 0.4) is 0 Å². The fourth-order valence-electron chi connectivity index (χ4n) is 3.47. The first-order valence-corrected chi connectivity index (χ1v) is 10.2. The Balaban J connectivity index is 2.00. The molecule has 6 nitrogen and oxygen atoms in total. The van der Waals surface area contributed by atoms with E-state index in [2.05, 4.69) is 16.5 Å². The third-order valence-corrected chi connectivity index (χ3v) is 5.92. The van der Waals surface area contributed by atoms with E-state index in [1.165, 1.54) is 23.3 Å². The lowest BCUT2D eigenvalue weighted by molar-refractivity contribution is 0.0988. The number of aryl methyl sites for hydroxylation is 1. The Morgan fingerprint density at radius 2 is 2.00 bits per heavy atom. The highest BCUT2D eigenvalue weighted by Crippen LogP contribution is 2.27. The van der Waals surface area contributed by atoms with Crippen LogP contribution in [0.15, 0.2) is 46.9 Å². The molecule has 0 saturated carbocycles. The maximum atomic E-state index is 13.1. The average Bonchev–Trinajstić information content (AvgIpc) is 2.98. The maximum absolute atomic E-state index is 13.1. The summed E-state index contributed by atoms with van der Waals surface area (Å²) in [5.74, 6) is -0.220. The van der Waals surface area contributed by atoms with E-state index < -0.39 is 5.25 Å². The van der Waals surface area contributed by atoms with E-state index >= 15 is 0 Å². The summed E-state index contributed by atoms with van der Waals surface area (Å²) in [6, 6.07) is 7.14. The van der Waals surface area contributed by atoms with Gasteiger partial charge >= 0.3 is 0 Å². The summed E-state index contributed by atoms with van der Waals surface area (Å²) >= 11 is 1.22. The molecular weight excluding hydrogens is 386 g/mol. The van der Waals surface area contributed by atoms with Gasteiger partial charge < -0.3 is 4.98 Å². The van der Waals surface area contributed by atoms with Gasteiger partial charge in [0.1, 0.15) is 0 Å². The Morgan fingerprint density at radius 1 is 1.31 bits per heavy atom. The number of para-hydroxylation sites is 1. The van der Waals surface area contributed by atoms with Crippen LogP contribution in [0.2, 0.25) is 0 Å². The molecule has 2 aromatic heterocycles. The van der Waals surface area contributed by atoms with Crippen molar-refractivity contribution in [2.75, 3.05) is 0 Å². The van der Waals surface area contributed by atoms with Crippen LogP contribution in [-0.2, 0) is 6.54 Å². The normalized spacial score (nSPS) is 12.1. The number of H-pyrrole nitrogens is 1. The van der Waals surface area contributed by atoms with Gasteiger partial charge in [-0.25, -0.2) is 4.98 Å². The highest BCUT2D eigenvalue weighted by Gasteiger charge is 2.25. The van der Waals surface area contributed by atoms with Gasteiger partial charge in [0.25, 0.3) is 5.56 Å². The number of thioether (sulfide) groups is 1. The van der Waals surface area contributed by atoms with Gasteiger partial charge in [0, 0.05) is 17.8 Å². The average molecular weight is 410 g/mol. The van der Waals surface area contributed by atoms with Crippen LogP contribution in [0, 0.1) is 13.8 Å². The minimum absolute atomic E-state index is 0.0772. The van der Waals surface area contributed by atoms with Crippen molar-refractivity contribution in [1.82, 2.24) is 14.5 Å². The van der Waals surface area contributed by atoms with Crippen LogP contribution in [0.25, 0.3) is 10.9 Å². The van der Waals surface area contributed by atoms with E-state index in [0.29, 0.717) is 45.1 Å². The first-order valence-electron chi connectivity index (χ1n) is 9.27. The quantitative estimate of drug-likeness (QED) is 0.275. The second-order valence-electron chi connectivity index (χ2n) is 6.92. The minimum Gasteiger partial charge on any atom is -0.355 e. The Morgan fingerprint density at radius 3 is 2.62 bits per heavy atom. The van der Waals surface area contributed by atoms with Crippen LogP contribution in [-0.4, -0.2) is 31.4 Å². The Bertz CT molecular complexity index is 1190. The molecular formula is C22H23N3O3S. The molecule has 1 atom stereocenters. The largest absolute Gasteiger partial charge is 0.355 e. The number of ketones is 2. The zero-order valence-electron chi connectivity index (χ0n) is 16.9. The van der Waals surface area contributed by atoms with E-state index in [-0.39, 0.29) is 17.1 Å². The third-order valence-electron chi connectivity index (χ3n) is 4.83. The number of benzene rings is 1. The second kappa shape index (κ2) is 8.21. The topological polar surface area (TPSA) is 84.8 Å². The van der Waals surface area contributed by atoms with E-state index in [1.807, 2.05) is 6.07 Å². The number of nitrogens with zero attached hydrogens (tertiary/aromatic N) is 2. The predicted molar refractivity (Wildman–Crippen MR) is 116 cm³/mol. The lowest BCUT2D eigenvalue weighted by Crippen LogP contribution is -2.24. The van der Waals surface area contributed by atoms with Crippen LogP contribution >= 0.6 is 11.8 Å². The number of carbonyl (C=O) groups is 2. The van der Waals surface area contributed by atoms with Crippen molar-refractivity contribution in [3.05, 3.63) is 69.8 Å². The molecule has 0 aliphatic heterocycles. The van der Waals surface area contributed by atoms with E-state index in [9.17, 15) is 14.4 Å². The van der Waals surface area contributed by atoms with Gasteiger partial charge in [0.05, 0.1) is 21.8 Å². The van der Waals surface area contributed by atoms with Gasteiger partial charge in [-0.2, -0.15) is 0 Å². The molecule has 0 saturated heterocycles. The molecule has 150 valence electrons. The molecule has 3 aromatic rings. The van der Waals surface area contributed by atoms with Gasteiger partial charge in [-0.05, 0) is 45.4 Å². The smallest absolute Gasteiger partial charge is 0.262 e. The van der Waals surface area contributed by atoms with Gasteiger partial charge in [-0.3, -0.25) is 19.0 Å². The standard InChI is InChI=1S/C22H23N3O3S/c1-6-11-25-21(28)16-9-7-8-10-17(16)24-22(25)29-15(5)20(27)19-12(2)18(14(4)26)13(3)23-19/h6-10,15,23H,1,11H2,2-5H3/t15-/m1/s1. The van der Waals surface area contributed by atoms with Crippen molar-refractivity contribution in [2.24, 2.45) is 0 Å². The summed E-state index contributed by atoms with van der Waals surface area (Å²) in [4.78, 5) is 45.5. The lowest BCUT2D eigenvalue weighted by Gasteiger charge is -2.15. The second-order valence-corrected chi connectivity index (χ2v) is 8.23. The predicted octanol–water partition coefficient (Wildman–Crippen LogP) is 4.09. The van der Waals surface area contributed by atoms with Crippen molar-refractivity contribution in [3.63, 3.8) is 0 Å². The highest BCUT2D eigenvalue weighted by atomic mass is 32.2. The number of hydrogen-bond acceptors (Lipinski definition) is 5. The number of allylic oxidation sites excluding steroid dienone is 1. The number of hydrogen-bond donors (Lipinski definition) is 1. The van der Waals surface area contributed by atoms with Crippen molar-refractivity contribution in [1.29, 1.82) is 0 Å². The number of aromatic amines is 1. The molecule has 3 rings (SSSR count). The van der Waals surface area contributed by atoms with Crippen LogP contribution in [0.4, 0.5) is 0 Å². The summed E-state index contributed by atoms with van der Waals surface area (Å²) in [6.07, 6.45) is 1.63. The van der Waals surface area contributed by atoms with Crippen molar-refractivity contribution in [2.45, 2.75) is 44.6 Å². The summed E-state index contributed by atoms with van der Waals surface area (Å²) in [7, 11) is 0. The van der Waals surface area contributed by atoms with Crippen molar-refractivity contribution in [3.8, 4) is 0 Å². The van der Waals surface area contributed by atoms with E-state index in [1.54, 1.807) is 45.0 Å². The van der Waals surface area contributed by atoms with E-state index in [4.69, 9.17) is 0 Å². The van der Waals surface area contributed by atoms with Crippen LogP contribution in [0.5, 0.6) is 0 Å². The molecule has 2 heterocycles. The Kier molecular flexibility index (Phi) is 5.88. The number of nitrogens with one attached hydrogen (secondary N) is 1. The lowest BCUT2D eigenvalue weighted by atomic mass is 10.0. The van der Waals surface area contributed by atoms with Gasteiger partial charge in [-0.1, -0.05) is 30.0 Å². The summed E-state index contributed by atoms with van der Waals surface area (Å²) in [6.45, 7) is 10.8. The molecule has 29 heavy (non-hydrogen) atoms. The summed E-state index contributed by atoms with van der Waals surface area (Å²) in [5, 5.41) is 0.484. The summed E-state index contributed by atoms with van der Waals surface area (Å²) < 4.78 is 1.53. The van der Waals surface area contributed by atoms with E-state index in [0.717, 1.165) is 0 Å². The molecule has 0 aliphatic rings. The van der Waals surface area contributed by atoms with Gasteiger partial charge in [-0.15, -0.1) is 6.58 Å². The maximum Gasteiger partial charge on any atom is 0.262 e. The molecule has 0 amide bonds. The molecule has 1 N–H and O–H groups in total. The summed E-state index contributed by atoms with van der Waals surface area (Å²) in [5.41, 5.74) is 2.74. The van der Waals surface area contributed by atoms with Gasteiger partial charge in [0.15, 0.2) is 16.7 Å². The third kappa shape index (κ3) is 3.82. The molecule has 7 heteroatoms. The zero-order chi connectivity index (χ0) is 21.3. The number of carbonyl (C=O) groups excluding carboxylic acids is 2. The Labute approximate surface area is 173 Å². The first kappa shape index (κ1) is 20.8. The number of rotatable bonds is 7. The number of Topliss-reactive ketones (excluding diaryl/α,β-unsaturated/α-hetero) is 2. The molecule has 0 unspecified atom stereocenters. The van der Waals surface area contributed by atoms with Crippen LogP contribution < -0.4 is 5.56 Å². The molecule has 0 radical (unpaired) electrons. The molecule has 0 fully saturated rings. The van der Waals surface area contributed by atoms with Crippen molar-refractivity contribution >= 4 is 34.2 Å². The van der Waals surface area contributed by atoms with Crippen molar-refractivity contribution < 1.29 is 9.59 Å². The number of aromatic nitrogens is 3. The number of fused-ring (bicyclic) bond motifs is 1. The monoisotopic (exact) mass is 409 g/mol. The van der Waals surface area contributed by atoms with Gasteiger partial charge in [0.2, 0.25) is 0 Å². The fraction of sp³-hybridized carbons (Fsp3) is 0.273. The van der Waals surface area contributed by atoms with Crippen LogP contribution in [0.1, 0.15) is 46.0 Å². The molecule has 1 aromatic carbocycles. The first-order chi connectivity index (χ1) is 13.8. The minimum atomic E-state index is -0.504.